The van der Waals surface area contributed by atoms with Gasteiger partial charge in [-0.25, -0.2) is 9.66 Å². The number of benzene rings is 1. The summed E-state index contributed by atoms with van der Waals surface area (Å²) < 4.78 is 1.58. The molecule has 1 amide bonds. The van der Waals surface area contributed by atoms with Crippen LogP contribution in [-0.2, 0) is 10.5 Å². The van der Waals surface area contributed by atoms with E-state index in [4.69, 9.17) is 17.4 Å². The number of nitrogens with zero attached hydrogens (tertiary/aromatic N) is 5. The number of aromatic nitrogens is 4. The van der Waals surface area contributed by atoms with Crippen LogP contribution in [0.15, 0.2) is 22.7 Å². The van der Waals surface area contributed by atoms with Gasteiger partial charge in [-0.15, -0.1) is 21.5 Å². The van der Waals surface area contributed by atoms with Crippen molar-refractivity contribution in [2.45, 2.75) is 50.4 Å². The van der Waals surface area contributed by atoms with Gasteiger partial charge in [-0.3, -0.25) is 9.69 Å². The molecular weight excluding hydrogens is 428 g/mol. The Morgan fingerprint density at radius 3 is 2.79 bits per heavy atom. The summed E-state index contributed by atoms with van der Waals surface area (Å²) in [5.41, 5.74) is 3.50. The Kier molecular flexibility index (Phi) is 5.54. The molecule has 2 N–H and O–H groups in total. The summed E-state index contributed by atoms with van der Waals surface area (Å²) in [6, 6.07) is 3.86. The molecule has 10 heteroatoms. The summed E-state index contributed by atoms with van der Waals surface area (Å²) >= 11 is 9.36. The monoisotopic (exact) mass is 448 g/mol. The fraction of sp³-hybridized carbons (Fsp3) is 0.368. The van der Waals surface area contributed by atoms with Gasteiger partial charge < -0.3 is 5.84 Å². The number of nitrogens with two attached hydrogens (primary N) is 1. The number of amides is 1. The van der Waals surface area contributed by atoms with Gasteiger partial charge >= 0.3 is 0 Å². The molecule has 0 saturated heterocycles. The van der Waals surface area contributed by atoms with Gasteiger partial charge in [0, 0.05) is 24.0 Å². The van der Waals surface area contributed by atoms with Crippen LogP contribution >= 0.6 is 34.7 Å². The first kappa shape index (κ1) is 20.2. The van der Waals surface area contributed by atoms with Crippen molar-refractivity contribution in [1.82, 2.24) is 19.9 Å². The minimum atomic E-state index is -0.136. The summed E-state index contributed by atoms with van der Waals surface area (Å²) in [4.78, 5) is 18.7. The SMILES string of the molecule is CC(=O)N(c1nc(CSc2nnc(C3CC3)n2N)cs1)c1c(C)cc(C)cc1Cl. The molecule has 1 saturated carbocycles. The van der Waals surface area contributed by atoms with E-state index >= 15 is 0 Å². The quantitative estimate of drug-likeness (QED) is 0.438. The second-order valence-corrected chi connectivity index (χ2v) is 9.35. The number of nitrogen functional groups attached to an aromatic ring is 1. The smallest absolute Gasteiger partial charge is 0.230 e. The molecule has 4 rings (SSSR count). The van der Waals surface area contributed by atoms with Crippen LogP contribution in [0.2, 0.25) is 5.02 Å². The Hall–Kier alpha value is -2.10. The van der Waals surface area contributed by atoms with Gasteiger partial charge in [0.1, 0.15) is 0 Å². The van der Waals surface area contributed by atoms with Crippen LogP contribution in [0, 0.1) is 13.8 Å². The lowest BCUT2D eigenvalue weighted by Gasteiger charge is -2.22. The molecule has 0 unspecified atom stereocenters. The van der Waals surface area contributed by atoms with E-state index in [9.17, 15) is 4.79 Å². The van der Waals surface area contributed by atoms with Crippen molar-refractivity contribution in [3.8, 4) is 0 Å². The molecule has 0 aliphatic heterocycles. The van der Waals surface area contributed by atoms with E-state index in [1.54, 1.807) is 9.58 Å². The van der Waals surface area contributed by atoms with Crippen LogP contribution in [0.3, 0.4) is 0 Å². The zero-order chi connectivity index (χ0) is 20.7. The topological polar surface area (TPSA) is 89.9 Å². The van der Waals surface area contributed by atoms with E-state index in [0.717, 1.165) is 35.5 Å². The van der Waals surface area contributed by atoms with E-state index in [0.29, 0.717) is 32.7 Å². The van der Waals surface area contributed by atoms with E-state index in [2.05, 4.69) is 15.2 Å². The molecule has 0 spiro atoms. The molecule has 1 aliphatic carbocycles. The second kappa shape index (κ2) is 7.97. The first-order valence-electron chi connectivity index (χ1n) is 9.20. The lowest BCUT2D eigenvalue weighted by molar-refractivity contribution is -0.115. The van der Waals surface area contributed by atoms with Gasteiger partial charge in [-0.2, -0.15) is 0 Å². The predicted molar refractivity (Wildman–Crippen MR) is 118 cm³/mol. The number of anilines is 2. The van der Waals surface area contributed by atoms with Gasteiger partial charge in [0.15, 0.2) is 11.0 Å². The molecule has 0 atom stereocenters. The maximum Gasteiger partial charge on any atom is 0.230 e. The van der Waals surface area contributed by atoms with Crippen molar-refractivity contribution in [3.63, 3.8) is 0 Å². The summed E-state index contributed by atoms with van der Waals surface area (Å²) in [7, 11) is 0. The van der Waals surface area contributed by atoms with E-state index in [1.807, 2.05) is 31.4 Å². The van der Waals surface area contributed by atoms with E-state index in [-0.39, 0.29) is 5.91 Å². The van der Waals surface area contributed by atoms with Crippen molar-refractivity contribution < 1.29 is 4.79 Å². The van der Waals surface area contributed by atoms with Crippen molar-refractivity contribution in [3.05, 3.63) is 45.2 Å². The summed E-state index contributed by atoms with van der Waals surface area (Å²) in [6.07, 6.45) is 2.24. The Bertz CT molecular complexity index is 1050. The highest BCUT2D eigenvalue weighted by Gasteiger charge is 2.30. The van der Waals surface area contributed by atoms with Gasteiger partial charge in [0.25, 0.3) is 0 Å². The number of aryl methyl sites for hydroxylation is 2. The molecule has 0 radical (unpaired) electrons. The van der Waals surface area contributed by atoms with E-state index < -0.39 is 0 Å². The lowest BCUT2D eigenvalue weighted by Crippen LogP contribution is -2.24. The van der Waals surface area contributed by atoms with Crippen LogP contribution in [0.1, 0.15) is 48.3 Å². The molecule has 7 nitrogen and oxygen atoms in total. The van der Waals surface area contributed by atoms with Gasteiger partial charge in [-0.05, 0) is 43.9 Å². The average Bonchev–Trinajstić information content (AvgIpc) is 3.27. The number of halogens is 1. The fourth-order valence-corrected chi connectivity index (χ4v) is 5.33. The zero-order valence-electron chi connectivity index (χ0n) is 16.3. The number of thioether (sulfide) groups is 1. The first-order chi connectivity index (χ1) is 13.8. The number of rotatable bonds is 6. The number of carbonyl (C=O) groups is 1. The first-order valence-corrected chi connectivity index (χ1v) is 11.4. The van der Waals surface area contributed by atoms with Crippen LogP contribution in [0.5, 0.6) is 0 Å². The number of carbonyl (C=O) groups excluding carboxylic acids is 1. The maximum absolute atomic E-state index is 12.4. The molecule has 2 aromatic heterocycles. The van der Waals surface area contributed by atoms with Gasteiger partial charge in [-0.1, -0.05) is 29.4 Å². The van der Waals surface area contributed by atoms with Crippen molar-refractivity contribution in [1.29, 1.82) is 0 Å². The largest absolute Gasteiger partial charge is 0.336 e. The molecule has 152 valence electrons. The minimum Gasteiger partial charge on any atom is -0.336 e. The third-order valence-electron chi connectivity index (χ3n) is 4.65. The normalized spacial score (nSPS) is 13.7. The Labute approximate surface area is 182 Å². The molecule has 3 aromatic rings. The molecule has 29 heavy (non-hydrogen) atoms. The fourth-order valence-electron chi connectivity index (χ4n) is 3.19. The van der Waals surface area contributed by atoms with Crippen LogP contribution < -0.4 is 10.7 Å². The van der Waals surface area contributed by atoms with E-state index in [1.165, 1.54) is 30.0 Å². The second-order valence-electron chi connectivity index (χ2n) is 7.16. The highest BCUT2D eigenvalue weighted by Crippen LogP contribution is 2.40. The van der Waals surface area contributed by atoms with Crippen molar-refractivity contribution in [2.75, 3.05) is 10.7 Å². The van der Waals surface area contributed by atoms with Crippen LogP contribution in [0.4, 0.5) is 10.8 Å². The third-order valence-corrected chi connectivity index (χ3v) is 6.79. The minimum absolute atomic E-state index is 0.136. The van der Waals surface area contributed by atoms with Crippen LogP contribution in [-0.4, -0.2) is 25.8 Å². The van der Waals surface area contributed by atoms with Gasteiger partial charge in [0.2, 0.25) is 11.1 Å². The predicted octanol–water partition coefficient (Wildman–Crippen LogP) is 4.57. The maximum atomic E-state index is 12.4. The lowest BCUT2D eigenvalue weighted by atomic mass is 10.1. The summed E-state index contributed by atoms with van der Waals surface area (Å²) in [5.74, 6) is 7.85. The Balaban J connectivity index is 1.54. The Morgan fingerprint density at radius 1 is 1.38 bits per heavy atom. The molecule has 0 bridgehead atoms. The highest BCUT2D eigenvalue weighted by molar-refractivity contribution is 7.98. The van der Waals surface area contributed by atoms with Crippen molar-refractivity contribution >= 4 is 51.4 Å². The number of hydrogen-bond acceptors (Lipinski definition) is 7. The van der Waals surface area contributed by atoms with Gasteiger partial charge in [0.05, 0.1) is 16.4 Å². The number of thiazole rings is 1. The summed E-state index contributed by atoms with van der Waals surface area (Å²) in [5, 5.41) is 12.1. The summed E-state index contributed by atoms with van der Waals surface area (Å²) in [6.45, 7) is 5.44. The standard InChI is InChI=1S/C19H21ClN6OS2/c1-10-6-11(2)16(15(20)7-10)25(12(3)27)18-22-14(8-28-18)9-29-19-24-23-17(26(19)21)13-4-5-13/h6-8,13H,4-5,9,21H2,1-3H3. The zero-order valence-corrected chi connectivity index (χ0v) is 18.7. The molecule has 2 heterocycles. The average molecular weight is 449 g/mol. The molecular formula is C19H21ClN6OS2. The number of hydrogen-bond donors (Lipinski definition) is 1. The van der Waals surface area contributed by atoms with Crippen LogP contribution in [0.25, 0.3) is 0 Å². The highest BCUT2D eigenvalue weighted by atomic mass is 35.5. The van der Waals surface area contributed by atoms with Crippen molar-refractivity contribution in [2.24, 2.45) is 0 Å². The Morgan fingerprint density at radius 2 is 2.14 bits per heavy atom. The third kappa shape index (κ3) is 4.12. The molecule has 1 fully saturated rings. The molecule has 1 aliphatic rings. The molecule has 1 aromatic carbocycles.